The van der Waals surface area contributed by atoms with Crippen molar-refractivity contribution in [1.29, 1.82) is 0 Å². The van der Waals surface area contributed by atoms with Crippen LogP contribution in [0.3, 0.4) is 0 Å². The van der Waals surface area contributed by atoms with Gasteiger partial charge in [0.05, 0.1) is 12.2 Å². The Morgan fingerprint density at radius 2 is 2.30 bits per heavy atom. The molecule has 2 heterocycles. The van der Waals surface area contributed by atoms with Crippen molar-refractivity contribution in [3.8, 4) is 5.75 Å². The molecule has 2 aliphatic heterocycles. The van der Waals surface area contributed by atoms with E-state index in [-0.39, 0.29) is 6.10 Å². The van der Waals surface area contributed by atoms with Crippen LogP contribution in [0.2, 0.25) is 0 Å². The Morgan fingerprint density at radius 3 is 3.05 bits per heavy atom. The largest absolute Gasteiger partial charge is 0.487 e. The minimum atomic E-state index is 0.288. The topological polar surface area (TPSA) is 24.5 Å². The molecule has 3 rings (SSSR count). The lowest BCUT2D eigenvalue weighted by Crippen LogP contribution is -2.38. The van der Waals surface area contributed by atoms with Crippen LogP contribution in [0.25, 0.3) is 0 Å². The first kappa shape index (κ1) is 13.7. The molecule has 1 fully saturated rings. The maximum atomic E-state index is 5.98. The zero-order chi connectivity index (χ0) is 13.9. The summed E-state index contributed by atoms with van der Waals surface area (Å²) in [6.07, 6.45) is 5.24. The molecule has 0 bridgehead atoms. The Balaban J connectivity index is 1.80. The molecule has 2 unspecified atom stereocenters. The highest BCUT2D eigenvalue weighted by atomic mass is 16.5. The molecule has 110 valence electrons. The number of hydrogen-bond acceptors (Lipinski definition) is 3. The third-order valence-electron chi connectivity index (χ3n) is 4.31. The summed E-state index contributed by atoms with van der Waals surface area (Å²) in [5.41, 5.74) is 2.72. The molecule has 1 aromatic rings. The normalized spacial score (nSPS) is 25.4. The van der Waals surface area contributed by atoms with Crippen molar-refractivity contribution in [2.24, 2.45) is 0 Å². The molecular weight excluding hydrogens is 248 g/mol. The standard InChI is InChI=1S/C17H26N2O/c1-3-9-19-12-13(2)20-17-7-6-14(11-16(17)19)10-15-5-4-8-18-15/h6-7,11,13,15,18H,3-5,8-10,12H2,1-2H3. The average molecular weight is 274 g/mol. The van der Waals surface area contributed by atoms with Crippen molar-refractivity contribution < 1.29 is 4.74 Å². The number of anilines is 1. The van der Waals surface area contributed by atoms with Gasteiger partial charge in [-0.25, -0.2) is 0 Å². The highest BCUT2D eigenvalue weighted by molar-refractivity contribution is 5.61. The number of fused-ring (bicyclic) bond motifs is 1. The first-order valence-electron chi connectivity index (χ1n) is 8.04. The molecule has 2 aliphatic rings. The van der Waals surface area contributed by atoms with E-state index >= 15 is 0 Å². The van der Waals surface area contributed by atoms with Crippen LogP contribution in [-0.4, -0.2) is 31.8 Å². The fourth-order valence-corrected chi connectivity index (χ4v) is 3.40. The van der Waals surface area contributed by atoms with Gasteiger partial charge in [-0.1, -0.05) is 13.0 Å². The van der Waals surface area contributed by atoms with Crippen molar-refractivity contribution in [3.05, 3.63) is 23.8 Å². The second-order valence-electron chi connectivity index (χ2n) is 6.17. The summed E-state index contributed by atoms with van der Waals surface area (Å²) >= 11 is 0. The monoisotopic (exact) mass is 274 g/mol. The van der Waals surface area contributed by atoms with Gasteiger partial charge in [-0.3, -0.25) is 0 Å². The van der Waals surface area contributed by atoms with Gasteiger partial charge in [0.15, 0.2) is 0 Å². The summed E-state index contributed by atoms with van der Waals surface area (Å²) in [4.78, 5) is 2.48. The zero-order valence-corrected chi connectivity index (χ0v) is 12.7. The SMILES string of the molecule is CCCN1CC(C)Oc2ccc(CC3CCCN3)cc21. The van der Waals surface area contributed by atoms with Crippen LogP contribution in [-0.2, 0) is 6.42 Å². The summed E-state index contributed by atoms with van der Waals surface area (Å²) in [6.45, 7) is 7.70. The molecule has 1 aromatic carbocycles. The van der Waals surface area contributed by atoms with Gasteiger partial charge in [0, 0.05) is 12.6 Å². The molecule has 0 radical (unpaired) electrons. The minimum Gasteiger partial charge on any atom is -0.487 e. The first-order chi connectivity index (χ1) is 9.76. The zero-order valence-electron chi connectivity index (χ0n) is 12.7. The lowest BCUT2D eigenvalue weighted by atomic mass is 10.0. The Morgan fingerprint density at radius 1 is 1.40 bits per heavy atom. The van der Waals surface area contributed by atoms with Gasteiger partial charge in [-0.05, 0) is 56.8 Å². The first-order valence-corrected chi connectivity index (χ1v) is 8.04. The van der Waals surface area contributed by atoms with Gasteiger partial charge in [0.25, 0.3) is 0 Å². The quantitative estimate of drug-likeness (QED) is 0.913. The van der Waals surface area contributed by atoms with Gasteiger partial charge in [-0.15, -0.1) is 0 Å². The van der Waals surface area contributed by atoms with Crippen LogP contribution in [0.15, 0.2) is 18.2 Å². The molecule has 0 saturated carbocycles. The third kappa shape index (κ3) is 2.93. The van der Waals surface area contributed by atoms with Gasteiger partial charge >= 0.3 is 0 Å². The molecule has 1 saturated heterocycles. The van der Waals surface area contributed by atoms with Crippen LogP contribution in [0.4, 0.5) is 5.69 Å². The summed E-state index contributed by atoms with van der Waals surface area (Å²) in [5, 5.41) is 3.58. The van der Waals surface area contributed by atoms with E-state index in [1.54, 1.807) is 0 Å². The van der Waals surface area contributed by atoms with Crippen molar-refractivity contribution in [3.63, 3.8) is 0 Å². The van der Waals surface area contributed by atoms with Crippen LogP contribution in [0.1, 0.15) is 38.7 Å². The third-order valence-corrected chi connectivity index (χ3v) is 4.31. The number of hydrogen-bond donors (Lipinski definition) is 1. The molecular formula is C17H26N2O. The van der Waals surface area contributed by atoms with Gasteiger partial charge in [-0.2, -0.15) is 0 Å². The van der Waals surface area contributed by atoms with Crippen LogP contribution in [0.5, 0.6) is 5.75 Å². The predicted octanol–water partition coefficient (Wildman–Crippen LogP) is 2.98. The van der Waals surface area contributed by atoms with E-state index < -0.39 is 0 Å². The van der Waals surface area contributed by atoms with E-state index in [1.165, 1.54) is 37.1 Å². The van der Waals surface area contributed by atoms with E-state index in [0.29, 0.717) is 6.04 Å². The fourth-order valence-electron chi connectivity index (χ4n) is 3.40. The number of nitrogens with zero attached hydrogens (tertiary/aromatic N) is 1. The minimum absolute atomic E-state index is 0.288. The molecule has 3 heteroatoms. The summed E-state index contributed by atoms with van der Waals surface area (Å²) in [5.74, 6) is 1.06. The molecule has 1 N–H and O–H groups in total. The fraction of sp³-hybridized carbons (Fsp3) is 0.647. The maximum absolute atomic E-state index is 5.98. The van der Waals surface area contributed by atoms with Crippen molar-refractivity contribution >= 4 is 5.69 Å². The van der Waals surface area contributed by atoms with Crippen LogP contribution >= 0.6 is 0 Å². The van der Waals surface area contributed by atoms with Crippen molar-refractivity contribution in [2.45, 2.75) is 51.7 Å². The second kappa shape index (κ2) is 6.04. The summed E-state index contributed by atoms with van der Waals surface area (Å²) < 4.78 is 5.98. The molecule has 2 atom stereocenters. The molecule has 0 aromatic heterocycles. The van der Waals surface area contributed by atoms with E-state index in [9.17, 15) is 0 Å². The summed E-state index contributed by atoms with van der Waals surface area (Å²) in [7, 11) is 0. The highest BCUT2D eigenvalue weighted by Crippen LogP contribution is 2.34. The van der Waals surface area contributed by atoms with Crippen LogP contribution < -0.4 is 15.0 Å². The van der Waals surface area contributed by atoms with Crippen molar-refractivity contribution in [1.82, 2.24) is 5.32 Å². The van der Waals surface area contributed by atoms with Gasteiger partial charge in [0.2, 0.25) is 0 Å². The van der Waals surface area contributed by atoms with Crippen LogP contribution in [0, 0.1) is 0 Å². The Kier molecular flexibility index (Phi) is 4.16. The molecule has 0 amide bonds. The smallest absolute Gasteiger partial charge is 0.143 e. The lowest BCUT2D eigenvalue weighted by molar-refractivity contribution is 0.212. The molecule has 0 spiro atoms. The maximum Gasteiger partial charge on any atom is 0.143 e. The van der Waals surface area contributed by atoms with Crippen molar-refractivity contribution in [2.75, 3.05) is 24.5 Å². The number of rotatable bonds is 4. The van der Waals surface area contributed by atoms with Gasteiger partial charge < -0.3 is 15.0 Å². The lowest BCUT2D eigenvalue weighted by Gasteiger charge is -2.35. The van der Waals surface area contributed by atoms with E-state index in [0.717, 1.165) is 25.3 Å². The van der Waals surface area contributed by atoms with E-state index in [1.807, 2.05) is 0 Å². The summed E-state index contributed by atoms with van der Waals surface area (Å²) in [6, 6.07) is 7.41. The predicted molar refractivity (Wildman–Crippen MR) is 83.8 cm³/mol. The number of ether oxygens (including phenoxy) is 1. The van der Waals surface area contributed by atoms with E-state index in [4.69, 9.17) is 4.74 Å². The number of benzene rings is 1. The number of nitrogens with one attached hydrogen (secondary N) is 1. The average Bonchev–Trinajstić information content (AvgIpc) is 2.92. The Labute approximate surface area is 122 Å². The highest BCUT2D eigenvalue weighted by Gasteiger charge is 2.23. The Hall–Kier alpha value is -1.22. The molecule has 0 aliphatic carbocycles. The molecule has 3 nitrogen and oxygen atoms in total. The molecule has 20 heavy (non-hydrogen) atoms. The van der Waals surface area contributed by atoms with E-state index in [2.05, 4.69) is 42.3 Å². The Bertz CT molecular complexity index is 454. The van der Waals surface area contributed by atoms with Gasteiger partial charge in [0.1, 0.15) is 11.9 Å². The second-order valence-corrected chi connectivity index (χ2v) is 6.17.